The lowest BCUT2D eigenvalue weighted by molar-refractivity contribution is -0.165. The van der Waals surface area contributed by atoms with E-state index < -0.39 is 0 Å². The fraction of sp³-hybridized carbons (Fsp3) is 0.917. The fourth-order valence-electron chi connectivity index (χ4n) is 3.69. The highest BCUT2D eigenvalue weighted by molar-refractivity contribution is 5.70. The average Bonchev–Trinajstić information content (AvgIpc) is 2.78. The molecule has 186 valence electrons. The van der Waals surface area contributed by atoms with Crippen LogP contribution in [0.4, 0.5) is 0 Å². The molecule has 2 aliphatic heterocycles. The van der Waals surface area contributed by atoms with E-state index >= 15 is 0 Å². The number of esters is 2. The highest BCUT2D eigenvalue weighted by Gasteiger charge is 2.17. The lowest BCUT2D eigenvalue weighted by Crippen LogP contribution is -2.23. The third kappa shape index (κ3) is 12.7. The van der Waals surface area contributed by atoms with Gasteiger partial charge in [-0.25, -0.2) is 0 Å². The minimum Gasteiger partial charge on any atom is -0.462 e. The minimum absolute atomic E-state index is 0.0835. The maximum atomic E-state index is 11.9. The molecule has 2 saturated heterocycles. The van der Waals surface area contributed by atoms with Crippen molar-refractivity contribution in [2.75, 3.05) is 39.6 Å². The predicted octanol–water partition coefficient (Wildman–Crippen LogP) is 3.99. The Kier molecular flexibility index (Phi) is 13.9. The molecular weight excluding hydrogens is 416 g/mol. The Morgan fingerprint density at radius 1 is 0.719 bits per heavy atom. The normalized spacial score (nSPS) is 23.3. The fourth-order valence-corrected chi connectivity index (χ4v) is 3.69. The van der Waals surface area contributed by atoms with Gasteiger partial charge in [0.05, 0.1) is 0 Å². The summed E-state index contributed by atoms with van der Waals surface area (Å²) in [6.07, 6.45) is 8.36. The molecule has 0 aromatic heterocycles. The number of carbonyl (C=O) groups excluding carboxylic acids is 2. The minimum atomic E-state index is -0.280. The Morgan fingerprint density at radius 2 is 1.16 bits per heavy atom. The van der Waals surface area contributed by atoms with Crippen LogP contribution in [0.5, 0.6) is 0 Å². The van der Waals surface area contributed by atoms with Crippen LogP contribution in [-0.2, 0) is 38.0 Å². The summed E-state index contributed by atoms with van der Waals surface area (Å²) in [7, 11) is 0. The van der Waals surface area contributed by atoms with E-state index in [1.165, 1.54) is 0 Å². The zero-order valence-corrected chi connectivity index (χ0v) is 19.9. The lowest BCUT2D eigenvalue weighted by Gasteiger charge is -2.23. The zero-order chi connectivity index (χ0) is 23.0. The molecule has 32 heavy (non-hydrogen) atoms. The van der Waals surface area contributed by atoms with Crippen LogP contribution in [0, 0.1) is 11.8 Å². The van der Waals surface area contributed by atoms with Crippen molar-refractivity contribution in [3.8, 4) is 0 Å². The third-order valence-corrected chi connectivity index (χ3v) is 5.74. The summed E-state index contributed by atoms with van der Waals surface area (Å²) in [5, 5.41) is 0. The van der Waals surface area contributed by atoms with Gasteiger partial charge in [0, 0.05) is 39.3 Å². The summed E-state index contributed by atoms with van der Waals surface area (Å²) in [6, 6.07) is 0. The molecule has 0 radical (unpaired) electrons. The van der Waals surface area contributed by atoms with Crippen LogP contribution in [0.3, 0.4) is 0 Å². The van der Waals surface area contributed by atoms with Crippen molar-refractivity contribution in [1.29, 1.82) is 0 Å². The van der Waals surface area contributed by atoms with Crippen molar-refractivity contribution in [2.24, 2.45) is 11.8 Å². The number of carbonyl (C=O) groups is 2. The Balaban J connectivity index is 1.41. The molecular formula is C24H42O8. The second-order valence-corrected chi connectivity index (χ2v) is 8.97. The maximum Gasteiger partial charge on any atom is 0.306 e. The molecule has 0 aliphatic carbocycles. The van der Waals surface area contributed by atoms with E-state index in [-0.39, 0.29) is 49.6 Å². The molecule has 0 amide bonds. The van der Waals surface area contributed by atoms with Crippen molar-refractivity contribution in [3.63, 3.8) is 0 Å². The standard InChI is InChI=1S/C24H42O8/c1-19(9-13-31-23-7-3-5-11-29-23)17-21(25)27-15-16-28-22(26)18-20(2)10-14-32-24-8-4-6-12-30-24/h19-20,23-24H,3-18H2,1-2H3. The predicted molar refractivity (Wildman–Crippen MR) is 118 cm³/mol. The molecule has 4 unspecified atom stereocenters. The van der Waals surface area contributed by atoms with Crippen molar-refractivity contribution in [2.45, 2.75) is 90.6 Å². The van der Waals surface area contributed by atoms with Crippen molar-refractivity contribution < 1.29 is 38.0 Å². The summed E-state index contributed by atoms with van der Waals surface area (Å²) in [4.78, 5) is 23.9. The molecule has 2 heterocycles. The van der Waals surface area contributed by atoms with Gasteiger partial charge in [-0.05, 0) is 63.2 Å². The molecule has 2 fully saturated rings. The smallest absolute Gasteiger partial charge is 0.306 e. The topological polar surface area (TPSA) is 89.5 Å². The Hall–Kier alpha value is -1.22. The van der Waals surface area contributed by atoms with Crippen LogP contribution in [0.1, 0.15) is 78.1 Å². The molecule has 0 aromatic carbocycles. The molecule has 0 spiro atoms. The van der Waals surface area contributed by atoms with Crippen LogP contribution in [0.15, 0.2) is 0 Å². The van der Waals surface area contributed by atoms with Gasteiger partial charge in [-0.1, -0.05) is 13.8 Å². The third-order valence-electron chi connectivity index (χ3n) is 5.74. The van der Waals surface area contributed by atoms with Gasteiger partial charge in [-0.3, -0.25) is 9.59 Å². The van der Waals surface area contributed by atoms with E-state index in [0.717, 1.165) is 64.6 Å². The van der Waals surface area contributed by atoms with E-state index in [4.69, 9.17) is 28.4 Å². The van der Waals surface area contributed by atoms with Crippen molar-refractivity contribution >= 4 is 11.9 Å². The van der Waals surface area contributed by atoms with E-state index in [1.54, 1.807) is 0 Å². The largest absolute Gasteiger partial charge is 0.462 e. The average molecular weight is 459 g/mol. The van der Waals surface area contributed by atoms with Gasteiger partial charge in [0.15, 0.2) is 12.6 Å². The lowest BCUT2D eigenvalue weighted by atomic mass is 10.1. The summed E-state index contributed by atoms with van der Waals surface area (Å²) in [5.41, 5.74) is 0. The van der Waals surface area contributed by atoms with Gasteiger partial charge in [0.25, 0.3) is 0 Å². The molecule has 8 nitrogen and oxygen atoms in total. The first-order valence-corrected chi connectivity index (χ1v) is 12.3. The first kappa shape index (κ1) is 27.0. The second kappa shape index (κ2) is 16.4. The van der Waals surface area contributed by atoms with Gasteiger partial charge >= 0.3 is 11.9 Å². The summed E-state index contributed by atoms with van der Waals surface area (Å²) < 4.78 is 32.8. The Bertz CT molecular complexity index is 468. The molecule has 2 rings (SSSR count). The zero-order valence-electron chi connectivity index (χ0n) is 19.9. The van der Waals surface area contributed by atoms with Gasteiger partial charge in [0.2, 0.25) is 0 Å². The van der Waals surface area contributed by atoms with Gasteiger partial charge in [0.1, 0.15) is 13.2 Å². The van der Waals surface area contributed by atoms with Crippen LogP contribution in [0.25, 0.3) is 0 Å². The summed E-state index contributed by atoms with van der Waals surface area (Å²) in [5.74, 6) is -0.234. The number of rotatable bonds is 15. The summed E-state index contributed by atoms with van der Waals surface area (Å²) in [6.45, 7) is 6.85. The van der Waals surface area contributed by atoms with Crippen molar-refractivity contribution in [1.82, 2.24) is 0 Å². The van der Waals surface area contributed by atoms with E-state index in [2.05, 4.69) is 0 Å². The first-order valence-electron chi connectivity index (χ1n) is 12.3. The van der Waals surface area contributed by atoms with Crippen LogP contribution in [-0.4, -0.2) is 64.2 Å². The molecule has 0 aromatic rings. The molecule has 0 saturated carbocycles. The number of hydrogen-bond donors (Lipinski definition) is 0. The van der Waals surface area contributed by atoms with Crippen molar-refractivity contribution in [3.05, 3.63) is 0 Å². The first-order chi connectivity index (χ1) is 15.5. The summed E-state index contributed by atoms with van der Waals surface area (Å²) >= 11 is 0. The van der Waals surface area contributed by atoms with E-state index in [0.29, 0.717) is 26.1 Å². The number of ether oxygens (including phenoxy) is 6. The molecule has 8 heteroatoms. The highest BCUT2D eigenvalue weighted by Crippen LogP contribution is 2.17. The second-order valence-electron chi connectivity index (χ2n) is 8.97. The Labute approximate surface area is 192 Å². The Morgan fingerprint density at radius 3 is 1.53 bits per heavy atom. The van der Waals surface area contributed by atoms with Crippen LogP contribution < -0.4 is 0 Å². The van der Waals surface area contributed by atoms with Gasteiger partial charge < -0.3 is 28.4 Å². The molecule has 4 atom stereocenters. The van der Waals surface area contributed by atoms with Crippen LogP contribution >= 0.6 is 0 Å². The van der Waals surface area contributed by atoms with Gasteiger partial charge in [-0.2, -0.15) is 0 Å². The SMILES string of the molecule is CC(CCOC1CCCCO1)CC(=O)OCCOC(=O)CC(C)CCOC1CCCCO1. The highest BCUT2D eigenvalue weighted by atomic mass is 16.7. The van der Waals surface area contributed by atoms with Crippen LogP contribution in [0.2, 0.25) is 0 Å². The molecule has 0 N–H and O–H groups in total. The molecule has 0 bridgehead atoms. The molecule has 2 aliphatic rings. The monoisotopic (exact) mass is 458 g/mol. The quantitative estimate of drug-likeness (QED) is 0.269. The maximum absolute atomic E-state index is 11.9. The van der Waals surface area contributed by atoms with Gasteiger partial charge in [-0.15, -0.1) is 0 Å². The number of hydrogen-bond acceptors (Lipinski definition) is 8. The van der Waals surface area contributed by atoms with E-state index in [1.807, 2.05) is 13.8 Å². The van der Waals surface area contributed by atoms with E-state index in [9.17, 15) is 9.59 Å².